The number of hydrogen-bond donors (Lipinski definition) is 1. The van der Waals surface area contributed by atoms with Crippen molar-refractivity contribution in [3.8, 4) is 5.75 Å². The summed E-state index contributed by atoms with van der Waals surface area (Å²) in [6.45, 7) is 4.78. The molecule has 1 fully saturated rings. The lowest BCUT2D eigenvalue weighted by Crippen LogP contribution is -2.49. The first kappa shape index (κ1) is 14.9. The van der Waals surface area contributed by atoms with Crippen molar-refractivity contribution >= 4 is 0 Å². The Bertz CT molecular complexity index is 461. The number of rotatable bonds is 5. The molecule has 0 bridgehead atoms. The van der Waals surface area contributed by atoms with Crippen molar-refractivity contribution in [3.05, 3.63) is 29.3 Å². The highest BCUT2D eigenvalue weighted by atomic mass is 16.5. The molecular formula is C18H27NO2. The van der Waals surface area contributed by atoms with Crippen LogP contribution in [-0.4, -0.2) is 31.9 Å². The Morgan fingerprint density at radius 3 is 2.95 bits per heavy atom. The Balaban J connectivity index is 1.66. The van der Waals surface area contributed by atoms with E-state index in [4.69, 9.17) is 9.47 Å². The topological polar surface area (TPSA) is 30.5 Å². The minimum absolute atomic E-state index is 0.131. The van der Waals surface area contributed by atoms with Crippen molar-refractivity contribution in [3.63, 3.8) is 0 Å². The van der Waals surface area contributed by atoms with Crippen LogP contribution in [-0.2, 0) is 17.6 Å². The van der Waals surface area contributed by atoms with Crippen LogP contribution in [0.3, 0.4) is 0 Å². The number of nitrogens with one attached hydrogen (secondary N) is 1. The molecule has 21 heavy (non-hydrogen) atoms. The van der Waals surface area contributed by atoms with Crippen LogP contribution in [0.5, 0.6) is 5.75 Å². The summed E-state index contributed by atoms with van der Waals surface area (Å²) < 4.78 is 11.9. The van der Waals surface area contributed by atoms with Crippen LogP contribution in [0.2, 0.25) is 0 Å². The average Bonchev–Trinajstić information content (AvgIpc) is 2.54. The molecule has 1 aromatic carbocycles. The van der Waals surface area contributed by atoms with E-state index < -0.39 is 0 Å². The van der Waals surface area contributed by atoms with E-state index in [-0.39, 0.29) is 6.10 Å². The van der Waals surface area contributed by atoms with Gasteiger partial charge in [-0.2, -0.15) is 0 Å². The maximum atomic E-state index is 6.24. The molecule has 116 valence electrons. The van der Waals surface area contributed by atoms with Crippen molar-refractivity contribution in [1.82, 2.24) is 5.32 Å². The molecule has 3 rings (SSSR count). The van der Waals surface area contributed by atoms with Gasteiger partial charge in [0.25, 0.3) is 0 Å². The standard InChI is InChI=1S/C18H27NO2/c1-2-10-19-17-9-11-20-13-18(17)21-16-8-7-14-5-3-4-6-15(14)12-16/h7-8,12,17-19H,2-6,9-11,13H2,1H3. The zero-order valence-corrected chi connectivity index (χ0v) is 13.1. The fourth-order valence-electron chi connectivity index (χ4n) is 3.35. The Labute approximate surface area is 128 Å². The molecule has 3 nitrogen and oxygen atoms in total. The lowest BCUT2D eigenvalue weighted by molar-refractivity contribution is -0.0146. The molecule has 0 aromatic heterocycles. The molecule has 1 aromatic rings. The summed E-state index contributed by atoms with van der Waals surface area (Å²) in [5.41, 5.74) is 2.99. The van der Waals surface area contributed by atoms with Gasteiger partial charge in [0.2, 0.25) is 0 Å². The van der Waals surface area contributed by atoms with E-state index in [2.05, 4.69) is 30.4 Å². The summed E-state index contributed by atoms with van der Waals surface area (Å²) in [4.78, 5) is 0. The van der Waals surface area contributed by atoms with E-state index in [0.29, 0.717) is 12.6 Å². The Morgan fingerprint density at radius 2 is 2.10 bits per heavy atom. The second-order valence-electron chi connectivity index (χ2n) is 6.22. The normalized spacial score (nSPS) is 25.4. The quantitative estimate of drug-likeness (QED) is 0.903. The van der Waals surface area contributed by atoms with Crippen molar-refractivity contribution in [1.29, 1.82) is 0 Å². The maximum Gasteiger partial charge on any atom is 0.137 e. The van der Waals surface area contributed by atoms with Gasteiger partial charge in [0.05, 0.1) is 6.61 Å². The maximum absolute atomic E-state index is 6.24. The van der Waals surface area contributed by atoms with E-state index in [0.717, 1.165) is 31.7 Å². The highest BCUT2D eigenvalue weighted by Gasteiger charge is 2.27. The number of hydrogen-bond acceptors (Lipinski definition) is 3. The molecule has 1 aliphatic carbocycles. The third-order valence-electron chi connectivity index (χ3n) is 4.57. The van der Waals surface area contributed by atoms with Crippen molar-refractivity contribution in [2.24, 2.45) is 0 Å². The largest absolute Gasteiger partial charge is 0.486 e. The van der Waals surface area contributed by atoms with E-state index in [1.165, 1.54) is 36.8 Å². The van der Waals surface area contributed by atoms with Crippen LogP contribution in [0.25, 0.3) is 0 Å². The molecule has 2 atom stereocenters. The first-order valence-electron chi connectivity index (χ1n) is 8.46. The first-order chi connectivity index (χ1) is 10.4. The van der Waals surface area contributed by atoms with E-state index in [1.807, 2.05) is 0 Å². The van der Waals surface area contributed by atoms with E-state index in [9.17, 15) is 0 Å². The van der Waals surface area contributed by atoms with Gasteiger partial charge >= 0.3 is 0 Å². The molecule has 1 heterocycles. The summed E-state index contributed by atoms with van der Waals surface area (Å²) in [5.74, 6) is 1.01. The summed E-state index contributed by atoms with van der Waals surface area (Å²) in [6, 6.07) is 7.05. The van der Waals surface area contributed by atoms with Crippen molar-refractivity contribution in [2.75, 3.05) is 19.8 Å². The van der Waals surface area contributed by atoms with Gasteiger partial charge in [-0.3, -0.25) is 0 Å². The van der Waals surface area contributed by atoms with Crippen LogP contribution in [0.15, 0.2) is 18.2 Å². The third kappa shape index (κ3) is 3.78. The molecule has 0 radical (unpaired) electrons. The van der Waals surface area contributed by atoms with Gasteiger partial charge in [0.1, 0.15) is 11.9 Å². The zero-order chi connectivity index (χ0) is 14.5. The highest BCUT2D eigenvalue weighted by molar-refractivity contribution is 5.37. The fraction of sp³-hybridized carbons (Fsp3) is 0.667. The number of fused-ring (bicyclic) bond motifs is 1. The van der Waals surface area contributed by atoms with Crippen LogP contribution >= 0.6 is 0 Å². The smallest absolute Gasteiger partial charge is 0.137 e. The van der Waals surface area contributed by atoms with Crippen LogP contribution in [0.4, 0.5) is 0 Å². The summed E-state index contributed by atoms with van der Waals surface area (Å²) >= 11 is 0. The Kier molecular flexibility index (Phi) is 5.15. The monoisotopic (exact) mass is 289 g/mol. The van der Waals surface area contributed by atoms with Gasteiger partial charge in [-0.25, -0.2) is 0 Å². The summed E-state index contributed by atoms with van der Waals surface area (Å²) in [6.07, 6.45) is 7.38. The molecule has 1 N–H and O–H groups in total. The average molecular weight is 289 g/mol. The molecule has 0 saturated carbocycles. The van der Waals surface area contributed by atoms with Gasteiger partial charge in [-0.05, 0) is 68.3 Å². The minimum atomic E-state index is 0.131. The number of benzene rings is 1. The SMILES string of the molecule is CCCNC1CCOCC1Oc1ccc2c(c1)CCCC2. The third-order valence-corrected chi connectivity index (χ3v) is 4.57. The molecule has 1 aliphatic heterocycles. The number of ether oxygens (including phenoxy) is 2. The molecule has 3 heteroatoms. The molecule has 2 aliphatic rings. The lowest BCUT2D eigenvalue weighted by atomic mass is 9.92. The molecule has 0 amide bonds. The Hall–Kier alpha value is -1.06. The molecule has 1 saturated heterocycles. The second kappa shape index (κ2) is 7.28. The first-order valence-corrected chi connectivity index (χ1v) is 8.46. The highest BCUT2D eigenvalue weighted by Crippen LogP contribution is 2.26. The van der Waals surface area contributed by atoms with Crippen LogP contribution < -0.4 is 10.1 Å². The predicted octanol–water partition coefficient (Wildman–Crippen LogP) is 3.10. The van der Waals surface area contributed by atoms with Gasteiger partial charge in [-0.15, -0.1) is 0 Å². The minimum Gasteiger partial charge on any atom is -0.486 e. The van der Waals surface area contributed by atoms with Crippen LogP contribution in [0, 0.1) is 0 Å². The van der Waals surface area contributed by atoms with Gasteiger partial charge in [0.15, 0.2) is 0 Å². The predicted molar refractivity (Wildman–Crippen MR) is 85.0 cm³/mol. The summed E-state index contributed by atoms with van der Waals surface area (Å²) in [7, 11) is 0. The van der Waals surface area contributed by atoms with E-state index in [1.54, 1.807) is 0 Å². The van der Waals surface area contributed by atoms with Crippen molar-refractivity contribution in [2.45, 2.75) is 57.6 Å². The molecule has 0 spiro atoms. The molecule has 2 unspecified atom stereocenters. The molecular weight excluding hydrogens is 262 g/mol. The van der Waals surface area contributed by atoms with Crippen LogP contribution in [0.1, 0.15) is 43.7 Å². The Morgan fingerprint density at radius 1 is 1.24 bits per heavy atom. The van der Waals surface area contributed by atoms with Crippen molar-refractivity contribution < 1.29 is 9.47 Å². The fourth-order valence-corrected chi connectivity index (χ4v) is 3.35. The lowest BCUT2D eigenvalue weighted by Gasteiger charge is -2.33. The zero-order valence-electron chi connectivity index (χ0n) is 13.1. The van der Waals surface area contributed by atoms with E-state index >= 15 is 0 Å². The van der Waals surface area contributed by atoms with Gasteiger partial charge in [-0.1, -0.05) is 13.0 Å². The second-order valence-corrected chi connectivity index (χ2v) is 6.22. The summed E-state index contributed by atoms with van der Waals surface area (Å²) in [5, 5.41) is 3.60. The van der Waals surface area contributed by atoms with Gasteiger partial charge in [0, 0.05) is 12.6 Å². The van der Waals surface area contributed by atoms with Gasteiger partial charge < -0.3 is 14.8 Å². The number of aryl methyl sites for hydroxylation is 2.